The van der Waals surface area contributed by atoms with Crippen LogP contribution in [0.3, 0.4) is 0 Å². The van der Waals surface area contributed by atoms with E-state index in [4.69, 9.17) is 0 Å². The number of carbonyl (C=O) groups excluding carboxylic acids is 1. The van der Waals surface area contributed by atoms with Crippen LogP contribution in [0.2, 0.25) is 0 Å². The summed E-state index contributed by atoms with van der Waals surface area (Å²) in [5.41, 5.74) is 2.62. The second kappa shape index (κ2) is 6.22. The molecule has 0 unspecified atom stereocenters. The number of pyridine rings is 1. The SMILES string of the molecule is O=C(NCc1cccc2cccnc12)c1ccc(I)cc1. The molecule has 1 aromatic heterocycles. The van der Waals surface area contributed by atoms with Gasteiger partial charge >= 0.3 is 0 Å². The number of rotatable bonds is 3. The van der Waals surface area contributed by atoms with E-state index in [0.29, 0.717) is 12.1 Å². The van der Waals surface area contributed by atoms with Crippen LogP contribution in [0.15, 0.2) is 60.8 Å². The molecular formula is C17H13IN2O. The van der Waals surface area contributed by atoms with Crippen LogP contribution in [0.4, 0.5) is 0 Å². The fraction of sp³-hybridized carbons (Fsp3) is 0.0588. The fourth-order valence-electron chi connectivity index (χ4n) is 2.19. The topological polar surface area (TPSA) is 42.0 Å². The number of halogens is 1. The number of para-hydroxylation sites is 1. The molecule has 4 heteroatoms. The highest BCUT2D eigenvalue weighted by atomic mass is 127. The van der Waals surface area contributed by atoms with Crippen molar-refractivity contribution in [1.29, 1.82) is 0 Å². The first-order valence-corrected chi connectivity index (χ1v) is 7.68. The number of hydrogen-bond acceptors (Lipinski definition) is 2. The Hall–Kier alpha value is -1.95. The van der Waals surface area contributed by atoms with Crippen molar-refractivity contribution in [3.8, 4) is 0 Å². The van der Waals surface area contributed by atoms with Gasteiger partial charge in [0.05, 0.1) is 5.52 Å². The van der Waals surface area contributed by atoms with E-state index in [9.17, 15) is 4.79 Å². The van der Waals surface area contributed by atoms with Crippen molar-refractivity contribution < 1.29 is 4.79 Å². The Morgan fingerprint density at radius 2 is 1.81 bits per heavy atom. The summed E-state index contributed by atoms with van der Waals surface area (Å²) in [6.45, 7) is 0.471. The number of hydrogen-bond donors (Lipinski definition) is 1. The first-order chi connectivity index (χ1) is 10.2. The summed E-state index contributed by atoms with van der Waals surface area (Å²) in [4.78, 5) is 16.5. The third-order valence-corrected chi connectivity index (χ3v) is 3.98. The van der Waals surface area contributed by atoms with Gasteiger partial charge in [-0.1, -0.05) is 24.3 Å². The van der Waals surface area contributed by atoms with Gasteiger partial charge in [-0.3, -0.25) is 9.78 Å². The molecule has 2 aromatic carbocycles. The maximum atomic E-state index is 12.1. The van der Waals surface area contributed by atoms with Crippen LogP contribution in [0.5, 0.6) is 0 Å². The second-order valence-corrected chi connectivity index (χ2v) is 5.93. The van der Waals surface area contributed by atoms with Crippen molar-refractivity contribution in [3.05, 3.63) is 75.5 Å². The molecule has 0 fully saturated rings. The predicted molar refractivity (Wildman–Crippen MR) is 92.1 cm³/mol. The van der Waals surface area contributed by atoms with Gasteiger partial charge < -0.3 is 5.32 Å². The Morgan fingerprint density at radius 3 is 2.62 bits per heavy atom. The molecule has 0 aliphatic carbocycles. The van der Waals surface area contributed by atoms with Gasteiger partial charge in [0.1, 0.15) is 0 Å². The molecular weight excluding hydrogens is 375 g/mol. The highest BCUT2D eigenvalue weighted by Gasteiger charge is 2.07. The average Bonchev–Trinajstić information content (AvgIpc) is 2.53. The van der Waals surface area contributed by atoms with Crippen LogP contribution in [0.1, 0.15) is 15.9 Å². The zero-order chi connectivity index (χ0) is 14.7. The first-order valence-electron chi connectivity index (χ1n) is 6.60. The van der Waals surface area contributed by atoms with Crippen LogP contribution >= 0.6 is 22.6 Å². The molecule has 0 spiro atoms. The molecule has 0 radical (unpaired) electrons. The molecule has 3 nitrogen and oxygen atoms in total. The highest BCUT2D eigenvalue weighted by Crippen LogP contribution is 2.15. The first kappa shape index (κ1) is 14.0. The molecule has 1 amide bonds. The van der Waals surface area contributed by atoms with Crippen LogP contribution in [0.25, 0.3) is 10.9 Å². The van der Waals surface area contributed by atoms with E-state index < -0.39 is 0 Å². The fourth-order valence-corrected chi connectivity index (χ4v) is 2.55. The molecule has 3 rings (SSSR count). The average molecular weight is 388 g/mol. The Bertz CT molecular complexity index is 779. The standard InChI is InChI=1S/C17H13IN2O/c18-15-8-6-13(7-9-15)17(21)20-11-14-4-1-3-12-5-2-10-19-16(12)14/h1-10H,11H2,(H,20,21). The molecule has 104 valence electrons. The van der Waals surface area contributed by atoms with E-state index in [1.54, 1.807) is 6.20 Å². The normalized spacial score (nSPS) is 10.5. The summed E-state index contributed by atoms with van der Waals surface area (Å²) in [5, 5.41) is 4.03. The van der Waals surface area contributed by atoms with Crippen LogP contribution in [0, 0.1) is 3.57 Å². The van der Waals surface area contributed by atoms with Gasteiger partial charge in [0.25, 0.3) is 5.91 Å². The maximum Gasteiger partial charge on any atom is 0.251 e. The zero-order valence-corrected chi connectivity index (χ0v) is 13.4. The third-order valence-electron chi connectivity index (χ3n) is 3.26. The van der Waals surface area contributed by atoms with E-state index in [1.165, 1.54) is 0 Å². The lowest BCUT2D eigenvalue weighted by molar-refractivity contribution is 0.0951. The number of amides is 1. The van der Waals surface area contributed by atoms with Crippen LogP contribution < -0.4 is 5.32 Å². The van der Waals surface area contributed by atoms with Crippen LogP contribution in [-0.2, 0) is 6.54 Å². The maximum absolute atomic E-state index is 12.1. The summed E-state index contributed by atoms with van der Waals surface area (Å²) < 4.78 is 1.11. The van der Waals surface area contributed by atoms with Gasteiger partial charge in [0.15, 0.2) is 0 Å². The quantitative estimate of drug-likeness (QED) is 0.695. The molecule has 0 saturated heterocycles. The molecule has 21 heavy (non-hydrogen) atoms. The lowest BCUT2D eigenvalue weighted by atomic mass is 10.1. The minimum atomic E-state index is -0.0701. The van der Waals surface area contributed by atoms with Gasteiger partial charge in [-0.05, 0) is 58.5 Å². The van der Waals surface area contributed by atoms with E-state index in [1.807, 2.05) is 54.6 Å². The predicted octanol–water partition coefficient (Wildman–Crippen LogP) is 3.77. The monoisotopic (exact) mass is 388 g/mol. The minimum Gasteiger partial charge on any atom is -0.348 e. The smallest absolute Gasteiger partial charge is 0.251 e. The Morgan fingerprint density at radius 1 is 1.05 bits per heavy atom. The van der Waals surface area contributed by atoms with Crippen molar-refractivity contribution in [2.24, 2.45) is 0 Å². The van der Waals surface area contributed by atoms with Crippen molar-refractivity contribution >= 4 is 39.4 Å². The van der Waals surface area contributed by atoms with Crippen LogP contribution in [-0.4, -0.2) is 10.9 Å². The Kier molecular flexibility index (Phi) is 4.15. The summed E-state index contributed by atoms with van der Waals surface area (Å²) in [7, 11) is 0. The third kappa shape index (κ3) is 3.21. The number of nitrogens with zero attached hydrogens (tertiary/aromatic N) is 1. The largest absolute Gasteiger partial charge is 0.348 e. The molecule has 1 heterocycles. The number of fused-ring (bicyclic) bond motifs is 1. The second-order valence-electron chi connectivity index (χ2n) is 4.68. The van der Waals surface area contributed by atoms with Gasteiger partial charge in [-0.2, -0.15) is 0 Å². The lowest BCUT2D eigenvalue weighted by Gasteiger charge is -2.08. The molecule has 0 aliphatic rings. The van der Waals surface area contributed by atoms with E-state index in [2.05, 4.69) is 32.9 Å². The van der Waals surface area contributed by atoms with Crippen molar-refractivity contribution in [2.45, 2.75) is 6.54 Å². The Balaban J connectivity index is 1.77. The number of benzene rings is 2. The summed E-state index contributed by atoms with van der Waals surface area (Å²) in [6, 6.07) is 17.4. The van der Waals surface area contributed by atoms with Crippen molar-refractivity contribution in [1.82, 2.24) is 10.3 Å². The van der Waals surface area contributed by atoms with Gasteiger partial charge in [0, 0.05) is 27.3 Å². The summed E-state index contributed by atoms with van der Waals surface area (Å²) in [6.07, 6.45) is 1.77. The summed E-state index contributed by atoms with van der Waals surface area (Å²) >= 11 is 2.22. The lowest BCUT2D eigenvalue weighted by Crippen LogP contribution is -2.22. The Labute approximate surface area is 136 Å². The highest BCUT2D eigenvalue weighted by molar-refractivity contribution is 14.1. The van der Waals surface area contributed by atoms with Crippen molar-refractivity contribution in [2.75, 3.05) is 0 Å². The molecule has 0 aliphatic heterocycles. The van der Waals surface area contributed by atoms with E-state index in [-0.39, 0.29) is 5.91 Å². The number of nitrogens with one attached hydrogen (secondary N) is 1. The molecule has 0 saturated carbocycles. The molecule has 1 N–H and O–H groups in total. The van der Waals surface area contributed by atoms with E-state index >= 15 is 0 Å². The molecule has 3 aromatic rings. The molecule has 0 atom stereocenters. The summed E-state index contributed by atoms with van der Waals surface area (Å²) in [5.74, 6) is -0.0701. The zero-order valence-electron chi connectivity index (χ0n) is 11.2. The molecule has 0 bridgehead atoms. The van der Waals surface area contributed by atoms with Crippen molar-refractivity contribution in [3.63, 3.8) is 0 Å². The number of aromatic nitrogens is 1. The number of carbonyl (C=O) groups is 1. The van der Waals surface area contributed by atoms with Gasteiger partial charge in [-0.15, -0.1) is 0 Å². The van der Waals surface area contributed by atoms with Gasteiger partial charge in [0.2, 0.25) is 0 Å². The van der Waals surface area contributed by atoms with E-state index in [0.717, 1.165) is 20.0 Å². The van der Waals surface area contributed by atoms with Gasteiger partial charge in [-0.25, -0.2) is 0 Å². The minimum absolute atomic E-state index is 0.0701.